The SMILES string of the molecule is CNC(=O)c1c(NC(=O)/C=C/c2cccs2)sc2c1CCC(C)C2. The number of fused-ring (bicyclic) bond motifs is 1. The van der Waals surface area contributed by atoms with E-state index in [9.17, 15) is 9.59 Å². The van der Waals surface area contributed by atoms with E-state index in [1.54, 1.807) is 24.5 Å². The summed E-state index contributed by atoms with van der Waals surface area (Å²) in [4.78, 5) is 26.8. The summed E-state index contributed by atoms with van der Waals surface area (Å²) in [5, 5.41) is 8.22. The van der Waals surface area contributed by atoms with Crippen molar-refractivity contribution in [2.75, 3.05) is 12.4 Å². The highest BCUT2D eigenvalue weighted by Gasteiger charge is 2.27. The monoisotopic (exact) mass is 360 g/mol. The van der Waals surface area contributed by atoms with E-state index < -0.39 is 0 Å². The molecule has 4 nitrogen and oxygen atoms in total. The molecule has 2 aromatic rings. The fourth-order valence-electron chi connectivity index (χ4n) is 2.90. The lowest BCUT2D eigenvalue weighted by atomic mass is 9.88. The molecular weight excluding hydrogens is 340 g/mol. The number of nitrogens with one attached hydrogen (secondary N) is 2. The van der Waals surface area contributed by atoms with E-state index in [1.165, 1.54) is 22.3 Å². The van der Waals surface area contributed by atoms with Crippen LogP contribution in [0.4, 0.5) is 5.00 Å². The highest BCUT2D eigenvalue weighted by molar-refractivity contribution is 7.17. The summed E-state index contributed by atoms with van der Waals surface area (Å²) >= 11 is 3.11. The van der Waals surface area contributed by atoms with Crippen LogP contribution in [0.3, 0.4) is 0 Å². The van der Waals surface area contributed by atoms with E-state index in [1.807, 2.05) is 17.5 Å². The van der Waals surface area contributed by atoms with Crippen molar-refractivity contribution in [3.8, 4) is 0 Å². The lowest BCUT2D eigenvalue weighted by Gasteiger charge is -2.18. The molecule has 1 unspecified atom stereocenters. The number of carbonyl (C=O) groups excluding carboxylic acids is 2. The number of anilines is 1. The first-order valence-electron chi connectivity index (χ1n) is 7.97. The van der Waals surface area contributed by atoms with E-state index >= 15 is 0 Å². The smallest absolute Gasteiger partial charge is 0.254 e. The summed E-state index contributed by atoms with van der Waals surface area (Å²) in [5.74, 6) is 0.288. The minimum absolute atomic E-state index is 0.125. The Labute approximate surface area is 149 Å². The average Bonchev–Trinajstić information content (AvgIpc) is 3.19. The predicted octanol–water partition coefficient (Wildman–Crippen LogP) is 3.95. The fourth-order valence-corrected chi connectivity index (χ4v) is 4.93. The van der Waals surface area contributed by atoms with Crippen molar-refractivity contribution < 1.29 is 9.59 Å². The molecule has 2 amide bonds. The molecule has 0 aliphatic heterocycles. The Bertz CT molecular complexity index is 775. The summed E-state index contributed by atoms with van der Waals surface area (Å²) in [6.07, 6.45) is 6.26. The molecule has 0 radical (unpaired) electrons. The van der Waals surface area contributed by atoms with Crippen LogP contribution in [0.2, 0.25) is 0 Å². The minimum atomic E-state index is -0.208. The number of thiophene rings is 2. The van der Waals surface area contributed by atoms with Crippen LogP contribution in [0.15, 0.2) is 23.6 Å². The highest BCUT2D eigenvalue weighted by atomic mass is 32.1. The molecule has 126 valence electrons. The number of carbonyl (C=O) groups is 2. The molecule has 2 aromatic heterocycles. The maximum atomic E-state index is 12.3. The number of hydrogen-bond acceptors (Lipinski definition) is 4. The Morgan fingerprint density at radius 2 is 2.21 bits per heavy atom. The Kier molecular flexibility index (Phi) is 5.16. The third-order valence-electron chi connectivity index (χ3n) is 4.14. The van der Waals surface area contributed by atoms with Gasteiger partial charge in [-0.25, -0.2) is 0 Å². The van der Waals surface area contributed by atoms with E-state index in [2.05, 4.69) is 17.6 Å². The molecule has 0 saturated carbocycles. The fraction of sp³-hybridized carbons (Fsp3) is 0.333. The van der Waals surface area contributed by atoms with Gasteiger partial charge in [0.05, 0.1) is 5.56 Å². The highest BCUT2D eigenvalue weighted by Crippen LogP contribution is 2.39. The van der Waals surface area contributed by atoms with Crippen molar-refractivity contribution in [3.63, 3.8) is 0 Å². The summed E-state index contributed by atoms with van der Waals surface area (Å²) in [7, 11) is 1.63. The maximum Gasteiger partial charge on any atom is 0.254 e. The molecule has 2 N–H and O–H groups in total. The third-order valence-corrected chi connectivity index (χ3v) is 6.15. The van der Waals surface area contributed by atoms with Gasteiger partial charge in [0.1, 0.15) is 5.00 Å². The summed E-state index contributed by atoms with van der Waals surface area (Å²) in [5.41, 5.74) is 1.75. The van der Waals surface area contributed by atoms with Crippen LogP contribution in [-0.4, -0.2) is 18.9 Å². The molecule has 0 fully saturated rings. The van der Waals surface area contributed by atoms with Crippen molar-refractivity contribution in [2.45, 2.75) is 26.2 Å². The van der Waals surface area contributed by atoms with Crippen LogP contribution in [0.1, 0.15) is 39.0 Å². The average molecular weight is 361 g/mol. The number of amides is 2. The van der Waals surface area contributed by atoms with Gasteiger partial charge in [-0.3, -0.25) is 9.59 Å². The summed E-state index contributed by atoms with van der Waals surface area (Å²) < 4.78 is 0. The molecule has 1 aliphatic rings. The molecular formula is C18H20N2O2S2. The molecule has 0 aromatic carbocycles. The van der Waals surface area contributed by atoms with Crippen molar-refractivity contribution >= 4 is 45.6 Å². The Morgan fingerprint density at radius 3 is 2.92 bits per heavy atom. The summed E-state index contributed by atoms with van der Waals surface area (Å²) in [6.45, 7) is 2.23. The van der Waals surface area contributed by atoms with E-state index in [0.717, 1.165) is 29.7 Å². The second kappa shape index (κ2) is 7.32. The van der Waals surface area contributed by atoms with Crippen LogP contribution in [-0.2, 0) is 17.6 Å². The second-order valence-corrected chi connectivity index (χ2v) is 8.06. The van der Waals surface area contributed by atoms with Gasteiger partial charge in [-0.1, -0.05) is 13.0 Å². The third kappa shape index (κ3) is 3.60. The van der Waals surface area contributed by atoms with E-state index in [-0.39, 0.29) is 11.8 Å². The quantitative estimate of drug-likeness (QED) is 0.811. The van der Waals surface area contributed by atoms with Gasteiger partial charge < -0.3 is 10.6 Å². The number of rotatable bonds is 4. The Balaban J connectivity index is 1.84. The predicted molar refractivity (Wildman–Crippen MR) is 101 cm³/mol. The zero-order valence-corrected chi connectivity index (χ0v) is 15.4. The van der Waals surface area contributed by atoms with Gasteiger partial charge in [0, 0.05) is 22.9 Å². The molecule has 24 heavy (non-hydrogen) atoms. The minimum Gasteiger partial charge on any atom is -0.355 e. The van der Waals surface area contributed by atoms with E-state index in [4.69, 9.17) is 0 Å². The van der Waals surface area contributed by atoms with Crippen molar-refractivity contribution in [1.82, 2.24) is 5.32 Å². The Morgan fingerprint density at radius 1 is 1.38 bits per heavy atom. The van der Waals surface area contributed by atoms with Crippen molar-refractivity contribution in [3.05, 3.63) is 44.5 Å². The maximum absolute atomic E-state index is 12.3. The molecule has 1 aliphatic carbocycles. The molecule has 0 spiro atoms. The first-order valence-corrected chi connectivity index (χ1v) is 9.67. The van der Waals surface area contributed by atoms with Gasteiger partial charge in [-0.15, -0.1) is 22.7 Å². The van der Waals surface area contributed by atoms with Crippen molar-refractivity contribution in [2.24, 2.45) is 5.92 Å². The van der Waals surface area contributed by atoms with Gasteiger partial charge in [-0.2, -0.15) is 0 Å². The van der Waals surface area contributed by atoms with Crippen molar-refractivity contribution in [1.29, 1.82) is 0 Å². The van der Waals surface area contributed by atoms with Crippen LogP contribution in [0.25, 0.3) is 6.08 Å². The molecule has 6 heteroatoms. The van der Waals surface area contributed by atoms with Gasteiger partial charge in [0.2, 0.25) is 5.91 Å². The lowest BCUT2D eigenvalue weighted by molar-refractivity contribution is -0.111. The van der Waals surface area contributed by atoms with Gasteiger partial charge in [-0.05, 0) is 48.3 Å². The molecule has 0 bridgehead atoms. The van der Waals surface area contributed by atoms with Gasteiger partial charge in [0.25, 0.3) is 5.91 Å². The largest absolute Gasteiger partial charge is 0.355 e. The molecule has 0 saturated heterocycles. The van der Waals surface area contributed by atoms with Gasteiger partial charge in [0.15, 0.2) is 0 Å². The normalized spacial score (nSPS) is 16.8. The summed E-state index contributed by atoms with van der Waals surface area (Å²) in [6, 6.07) is 3.90. The molecule has 3 rings (SSSR count). The van der Waals surface area contributed by atoms with Crippen LogP contribution >= 0.6 is 22.7 Å². The molecule has 2 heterocycles. The van der Waals surface area contributed by atoms with Crippen LogP contribution < -0.4 is 10.6 Å². The first-order chi connectivity index (χ1) is 11.6. The topological polar surface area (TPSA) is 58.2 Å². The number of hydrogen-bond donors (Lipinski definition) is 2. The van der Waals surface area contributed by atoms with Crippen LogP contribution in [0.5, 0.6) is 0 Å². The lowest BCUT2D eigenvalue weighted by Crippen LogP contribution is -2.22. The first kappa shape index (κ1) is 16.9. The molecule has 1 atom stereocenters. The Hall–Kier alpha value is -1.92. The second-order valence-electron chi connectivity index (χ2n) is 5.97. The van der Waals surface area contributed by atoms with E-state index in [0.29, 0.717) is 16.5 Å². The van der Waals surface area contributed by atoms with Crippen LogP contribution in [0, 0.1) is 5.92 Å². The standard InChI is InChI=1S/C18H20N2O2S2/c1-11-5-7-13-14(10-11)24-18(16(13)17(22)19-2)20-15(21)8-6-12-4-3-9-23-12/h3-4,6,8-9,11H,5,7,10H2,1-2H3,(H,19,22)(H,20,21)/b8-6+. The zero-order chi connectivity index (χ0) is 17.1. The van der Waals surface area contributed by atoms with Gasteiger partial charge >= 0.3 is 0 Å². The zero-order valence-electron chi connectivity index (χ0n) is 13.7.